The highest BCUT2D eigenvalue weighted by Gasteiger charge is 2.31. The van der Waals surface area contributed by atoms with Gasteiger partial charge in [0.05, 0.1) is 18.2 Å². The Morgan fingerprint density at radius 3 is 2.29 bits per heavy atom. The first-order valence-corrected chi connectivity index (χ1v) is 8.90. The SMILES string of the molecule is CC1CCC(OC2CCN(C(=O)C3CCCN3)CC2)CC1. The van der Waals surface area contributed by atoms with E-state index < -0.39 is 0 Å². The molecule has 1 unspecified atom stereocenters. The van der Waals surface area contributed by atoms with Crippen LogP contribution in [0.5, 0.6) is 0 Å². The molecule has 120 valence electrons. The highest BCUT2D eigenvalue weighted by molar-refractivity contribution is 5.82. The summed E-state index contributed by atoms with van der Waals surface area (Å²) in [6.07, 6.45) is 10.1. The van der Waals surface area contributed by atoms with E-state index in [1.54, 1.807) is 0 Å². The summed E-state index contributed by atoms with van der Waals surface area (Å²) in [6, 6.07) is 0.0855. The van der Waals surface area contributed by atoms with Crippen LogP contribution in [0.4, 0.5) is 0 Å². The molecule has 2 heterocycles. The van der Waals surface area contributed by atoms with Gasteiger partial charge in [-0.2, -0.15) is 0 Å². The molecule has 0 radical (unpaired) electrons. The summed E-state index contributed by atoms with van der Waals surface area (Å²) in [4.78, 5) is 14.4. The number of carbonyl (C=O) groups excluding carboxylic acids is 1. The Morgan fingerprint density at radius 2 is 1.67 bits per heavy atom. The fourth-order valence-electron chi connectivity index (χ4n) is 3.97. The summed E-state index contributed by atoms with van der Waals surface area (Å²) in [6.45, 7) is 5.10. The maximum absolute atomic E-state index is 12.4. The van der Waals surface area contributed by atoms with E-state index in [9.17, 15) is 4.79 Å². The molecule has 0 bridgehead atoms. The molecule has 21 heavy (non-hydrogen) atoms. The minimum atomic E-state index is 0.0855. The summed E-state index contributed by atoms with van der Waals surface area (Å²) in [5, 5.41) is 3.31. The molecule has 0 aromatic rings. The van der Waals surface area contributed by atoms with Gasteiger partial charge in [-0.05, 0) is 63.8 Å². The first kappa shape index (κ1) is 15.3. The summed E-state index contributed by atoms with van der Waals surface area (Å²) in [5.74, 6) is 1.20. The van der Waals surface area contributed by atoms with Crippen LogP contribution in [0.3, 0.4) is 0 Å². The average molecular weight is 294 g/mol. The van der Waals surface area contributed by atoms with Gasteiger partial charge in [0.25, 0.3) is 0 Å². The van der Waals surface area contributed by atoms with Crippen molar-refractivity contribution < 1.29 is 9.53 Å². The average Bonchev–Trinajstić information content (AvgIpc) is 3.04. The summed E-state index contributed by atoms with van der Waals surface area (Å²) >= 11 is 0. The molecule has 1 amide bonds. The smallest absolute Gasteiger partial charge is 0.239 e. The van der Waals surface area contributed by atoms with E-state index in [0.29, 0.717) is 18.1 Å². The Bertz CT molecular complexity index is 339. The van der Waals surface area contributed by atoms with Crippen molar-refractivity contribution >= 4 is 5.91 Å². The van der Waals surface area contributed by atoms with Gasteiger partial charge >= 0.3 is 0 Å². The van der Waals surface area contributed by atoms with Crippen LogP contribution in [0.25, 0.3) is 0 Å². The van der Waals surface area contributed by atoms with E-state index in [1.807, 2.05) is 4.90 Å². The molecule has 4 nitrogen and oxygen atoms in total. The second-order valence-electron chi connectivity index (χ2n) is 7.19. The molecule has 0 aromatic heterocycles. The molecule has 2 saturated heterocycles. The quantitative estimate of drug-likeness (QED) is 0.868. The van der Waals surface area contributed by atoms with E-state index in [0.717, 1.165) is 51.2 Å². The molecular weight excluding hydrogens is 264 g/mol. The first-order chi connectivity index (χ1) is 10.2. The van der Waals surface area contributed by atoms with Gasteiger partial charge in [-0.25, -0.2) is 0 Å². The van der Waals surface area contributed by atoms with Crippen LogP contribution in [-0.2, 0) is 9.53 Å². The zero-order valence-electron chi connectivity index (χ0n) is 13.4. The van der Waals surface area contributed by atoms with Gasteiger partial charge in [-0.1, -0.05) is 6.92 Å². The zero-order valence-corrected chi connectivity index (χ0v) is 13.4. The topological polar surface area (TPSA) is 41.6 Å². The highest BCUT2D eigenvalue weighted by Crippen LogP contribution is 2.28. The van der Waals surface area contributed by atoms with Gasteiger partial charge in [-0.15, -0.1) is 0 Å². The second kappa shape index (κ2) is 7.10. The fraction of sp³-hybridized carbons (Fsp3) is 0.941. The lowest BCUT2D eigenvalue weighted by Gasteiger charge is -2.36. The lowest BCUT2D eigenvalue weighted by molar-refractivity contribution is -0.137. The molecule has 2 aliphatic heterocycles. The normalized spacial score (nSPS) is 35.1. The summed E-state index contributed by atoms with van der Waals surface area (Å²) in [7, 11) is 0. The van der Waals surface area contributed by atoms with Gasteiger partial charge in [0.15, 0.2) is 0 Å². The first-order valence-electron chi connectivity index (χ1n) is 8.90. The number of nitrogens with zero attached hydrogens (tertiary/aromatic N) is 1. The van der Waals surface area contributed by atoms with Crippen LogP contribution in [0.15, 0.2) is 0 Å². The van der Waals surface area contributed by atoms with Crippen molar-refractivity contribution in [2.24, 2.45) is 5.92 Å². The molecule has 0 spiro atoms. The van der Waals surface area contributed by atoms with Crippen molar-refractivity contribution in [1.29, 1.82) is 0 Å². The van der Waals surface area contributed by atoms with Gasteiger partial charge in [0.2, 0.25) is 5.91 Å². The fourth-order valence-corrected chi connectivity index (χ4v) is 3.97. The van der Waals surface area contributed by atoms with Crippen molar-refractivity contribution in [2.45, 2.75) is 76.5 Å². The van der Waals surface area contributed by atoms with Crippen LogP contribution < -0.4 is 5.32 Å². The van der Waals surface area contributed by atoms with Crippen LogP contribution >= 0.6 is 0 Å². The van der Waals surface area contributed by atoms with E-state index in [2.05, 4.69) is 12.2 Å². The Kier molecular flexibility index (Phi) is 5.17. The minimum Gasteiger partial charge on any atom is -0.375 e. The third kappa shape index (κ3) is 3.98. The molecule has 3 rings (SSSR count). The number of nitrogens with one attached hydrogen (secondary N) is 1. The lowest BCUT2D eigenvalue weighted by Crippen LogP contribution is -2.48. The Morgan fingerprint density at radius 1 is 1.00 bits per heavy atom. The standard InChI is InChI=1S/C17H30N2O2/c1-13-4-6-14(7-5-13)21-15-8-11-19(12-9-15)17(20)16-3-2-10-18-16/h13-16,18H,2-12H2,1H3. The number of hydrogen-bond acceptors (Lipinski definition) is 3. The van der Waals surface area contributed by atoms with Crippen molar-refractivity contribution in [3.8, 4) is 0 Å². The third-order valence-electron chi connectivity index (χ3n) is 5.46. The maximum Gasteiger partial charge on any atom is 0.239 e. The van der Waals surface area contributed by atoms with Gasteiger partial charge in [0.1, 0.15) is 0 Å². The van der Waals surface area contributed by atoms with E-state index >= 15 is 0 Å². The Hall–Kier alpha value is -0.610. The maximum atomic E-state index is 12.4. The third-order valence-corrected chi connectivity index (χ3v) is 5.46. The number of piperidine rings is 1. The molecule has 4 heteroatoms. The van der Waals surface area contributed by atoms with E-state index in [-0.39, 0.29) is 6.04 Å². The van der Waals surface area contributed by atoms with Gasteiger partial charge in [-0.3, -0.25) is 4.79 Å². The predicted molar refractivity (Wildman–Crippen MR) is 83.1 cm³/mol. The van der Waals surface area contributed by atoms with Crippen LogP contribution in [0.1, 0.15) is 58.3 Å². The largest absolute Gasteiger partial charge is 0.375 e. The number of amides is 1. The van der Waals surface area contributed by atoms with E-state index in [1.165, 1.54) is 25.7 Å². The lowest BCUT2D eigenvalue weighted by atomic mass is 9.88. The van der Waals surface area contributed by atoms with Gasteiger partial charge < -0.3 is 15.0 Å². The number of rotatable bonds is 3. The molecule has 3 aliphatic rings. The molecule has 1 aliphatic carbocycles. The molecule has 1 N–H and O–H groups in total. The summed E-state index contributed by atoms with van der Waals surface area (Å²) in [5.41, 5.74) is 0. The number of carbonyl (C=O) groups is 1. The zero-order chi connectivity index (χ0) is 14.7. The van der Waals surface area contributed by atoms with Crippen LogP contribution in [0.2, 0.25) is 0 Å². The molecule has 1 atom stereocenters. The monoisotopic (exact) mass is 294 g/mol. The summed E-state index contributed by atoms with van der Waals surface area (Å²) < 4.78 is 6.28. The van der Waals surface area contributed by atoms with Crippen molar-refractivity contribution in [2.75, 3.05) is 19.6 Å². The number of hydrogen-bond donors (Lipinski definition) is 1. The van der Waals surface area contributed by atoms with Crippen LogP contribution in [-0.4, -0.2) is 48.7 Å². The van der Waals surface area contributed by atoms with E-state index in [4.69, 9.17) is 4.74 Å². The Balaban J connectivity index is 1.39. The predicted octanol–water partition coefficient (Wildman–Crippen LogP) is 2.32. The number of ether oxygens (including phenoxy) is 1. The van der Waals surface area contributed by atoms with Gasteiger partial charge in [0, 0.05) is 13.1 Å². The molecule has 0 aromatic carbocycles. The van der Waals surface area contributed by atoms with Crippen molar-refractivity contribution in [1.82, 2.24) is 10.2 Å². The highest BCUT2D eigenvalue weighted by atomic mass is 16.5. The van der Waals surface area contributed by atoms with Crippen molar-refractivity contribution in [3.05, 3.63) is 0 Å². The Labute approximate surface area is 128 Å². The van der Waals surface area contributed by atoms with Crippen molar-refractivity contribution in [3.63, 3.8) is 0 Å². The minimum absolute atomic E-state index is 0.0855. The van der Waals surface area contributed by atoms with Crippen LogP contribution in [0, 0.1) is 5.92 Å². The number of likely N-dealkylation sites (tertiary alicyclic amines) is 1. The molecule has 3 fully saturated rings. The molecular formula is C17H30N2O2. The second-order valence-corrected chi connectivity index (χ2v) is 7.19. The molecule has 1 saturated carbocycles.